The number of pyridine rings is 1. The minimum Gasteiger partial charge on any atom is -0.360 e. The Hall–Kier alpha value is -3.75. The molecule has 1 unspecified atom stereocenters. The van der Waals surface area contributed by atoms with Crippen LogP contribution in [-0.2, 0) is 11.3 Å². The number of aromatic nitrogens is 2. The second kappa shape index (κ2) is 9.38. The number of rotatable bonds is 7. The van der Waals surface area contributed by atoms with Crippen LogP contribution in [0.1, 0.15) is 41.1 Å². The molecule has 0 aliphatic carbocycles. The minimum absolute atomic E-state index is 0.121. The molecule has 9 heteroatoms. The van der Waals surface area contributed by atoms with Crippen molar-refractivity contribution in [3.63, 3.8) is 0 Å². The van der Waals surface area contributed by atoms with E-state index in [0.717, 1.165) is 5.56 Å². The van der Waals surface area contributed by atoms with Gasteiger partial charge in [0.05, 0.1) is 6.04 Å². The monoisotopic (exact) mass is 426 g/mol. The summed E-state index contributed by atoms with van der Waals surface area (Å²) in [5.74, 6) is -0.608. The van der Waals surface area contributed by atoms with E-state index in [2.05, 4.69) is 10.5 Å². The summed E-state index contributed by atoms with van der Waals surface area (Å²) in [5, 5.41) is 6.16. The summed E-state index contributed by atoms with van der Waals surface area (Å²) < 4.78 is 19.3. The zero-order valence-electron chi connectivity index (χ0n) is 17.5. The van der Waals surface area contributed by atoms with Crippen LogP contribution in [0.15, 0.2) is 58.0 Å². The molecule has 3 rings (SSSR count). The van der Waals surface area contributed by atoms with E-state index in [-0.39, 0.29) is 35.7 Å². The minimum atomic E-state index is -0.647. The fourth-order valence-corrected chi connectivity index (χ4v) is 3.29. The van der Waals surface area contributed by atoms with Crippen molar-refractivity contribution in [3.8, 4) is 0 Å². The van der Waals surface area contributed by atoms with Gasteiger partial charge in [0.1, 0.15) is 23.7 Å². The van der Waals surface area contributed by atoms with E-state index in [4.69, 9.17) is 4.52 Å². The van der Waals surface area contributed by atoms with Crippen LogP contribution in [0, 0.1) is 12.7 Å². The SMILES string of the molecule is CCC(c1ccc(F)cc1)N(C)C(=O)Cn1cccc(C(=O)Nc2cc(C)on2)c1=O. The van der Waals surface area contributed by atoms with E-state index < -0.39 is 11.5 Å². The summed E-state index contributed by atoms with van der Waals surface area (Å²) in [5.41, 5.74) is 0.0733. The average molecular weight is 426 g/mol. The zero-order valence-corrected chi connectivity index (χ0v) is 17.5. The Morgan fingerprint density at radius 2 is 1.97 bits per heavy atom. The number of nitrogens with zero attached hydrogens (tertiary/aromatic N) is 3. The first-order valence-electron chi connectivity index (χ1n) is 9.75. The Balaban J connectivity index is 1.76. The molecular formula is C22H23FN4O4. The van der Waals surface area contributed by atoms with Crippen molar-refractivity contribution in [1.82, 2.24) is 14.6 Å². The second-order valence-electron chi connectivity index (χ2n) is 7.11. The Kier molecular flexibility index (Phi) is 6.64. The van der Waals surface area contributed by atoms with Crippen LogP contribution in [0.3, 0.4) is 0 Å². The molecule has 2 amide bonds. The molecule has 0 bridgehead atoms. The van der Waals surface area contributed by atoms with Gasteiger partial charge in [-0.1, -0.05) is 24.2 Å². The van der Waals surface area contributed by atoms with Crippen LogP contribution in [0.5, 0.6) is 0 Å². The fraction of sp³-hybridized carbons (Fsp3) is 0.273. The van der Waals surface area contributed by atoms with E-state index in [1.54, 1.807) is 26.1 Å². The summed E-state index contributed by atoms with van der Waals surface area (Å²) in [6.45, 7) is 3.35. The first-order chi connectivity index (χ1) is 14.8. The van der Waals surface area contributed by atoms with Gasteiger partial charge in [-0.25, -0.2) is 4.39 Å². The number of benzene rings is 1. The first-order valence-corrected chi connectivity index (χ1v) is 9.75. The molecule has 0 saturated heterocycles. The van der Waals surface area contributed by atoms with E-state index in [1.165, 1.54) is 46.0 Å². The van der Waals surface area contributed by atoms with E-state index in [0.29, 0.717) is 12.2 Å². The van der Waals surface area contributed by atoms with E-state index >= 15 is 0 Å². The number of carbonyl (C=O) groups excluding carboxylic acids is 2. The molecule has 0 saturated carbocycles. The number of likely N-dealkylation sites (N-methyl/N-ethyl adjacent to an activating group) is 1. The van der Waals surface area contributed by atoms with Crippen molar-refractivity contribution in [3.05, 3.63) is 81.7 Å². The van der Waals surface area contributed by atoms with Crippen molar-refractivity contribution in [2.75, 3.05) is 12.4 Å². The lowest BCUT2D eigenvalue weighted by Gasteiger charge is -2.28. The lowest BCUT2D eigenvalue weighted by atomic mass is 10.0. The molecule has 2 heterocycles. The summed E-state index contributed by atoms with van der Waals surface area (Å²) in [4.78, 5) is 39.6. The molecule has 1 N–H and O–H groups in total. The van der Waals surface area contributed by atoms with Crippen molar-refractivity contribution in [2.24, 2.45) is 0 Å². The van der Waals surface area contributed by atoms with Crippen molar-refractivity contribution in [2.45, 2.75) is 32.9 Å². The standard InChI is InChI=1S/C22H23FN4O4/c1-4-18(15-7-9-16(23)10-8-15)26(3)20(28)13-27-11-5-6-17(22(27)30)21(29)24-19-12-14(2)31-25-19/h5-12,18H,4,13H2,1-3H3,(H,24,25,29). The van der Waals surface area contributed by atoms with Crippen LogP contribution in [0.2, 0.25) is 0 Å². The third-order valence-electron chi connectivity index (χ3n) is 4.94. The van der Waals surface area contributed by atoms with Gasteiger partial charge in [0, 0.05) is 19.3 Å². The summed E-state index contributed by atoms with van der Waals surface area (Å²) in [7, 11) is 1.63. The van der Waals surface area contributed by atoms with Crippen molar-refractivity contribution < 1.29 is 18.5 Å². The average Bonchev–Trinajstić information content (AvgIpc) is 3.15. The highest BCUT2D eigenvalue weighted by molar-refractivity contribution is 6.03. The molecule has 0 spiro atoms. The Morgan fingerprint density at radius 3 is 2.58 bits per heavy atom. The van der Waals surface area contributed by atoms with Crippen LogP contribution in [0.25, 0.3) is 0 Å². The Morgan fingerprint density at radius 1 is 1.26 bits per heavy atom. The van der Waals surface area contributed by atoms with Gasteiger partial charge >= 0.3 is 0 Å². The molecule has 0 aliphatic heterocycles. The molecule has 0 fully saturated rings. The first kappa shape index (κ1) is 21.9. The third kappa shape index (κ3) is 5.06. The van der Waals surface area contributed by atoms with E-state index in [1.807, 2.05) is 6.92 Å². The number of nitrogens with one attached hydrogen (secondary N) is 1. The zero-order chi connectivity index (χ0) is 22.5. The largest absolute Gasteiger partial charge is 0.360 e. The van der Waals surface area contributed by atoms with Crippen LogP contribution in [-0.4, -0.2) is 33.5 Å². The number of anilines is 1. The molecular weight excluding hydrogens is 403 g/mol. The number of aryl methyl sites for hydroxylation is 1. The molecule has 1 aromatic carbocycles. The topological polar surface area (TPSA) is 97.4 Å². The summed E-state index contributed by atoms with van der Waals surface area (Å²) in [6.07, 6.45) is 2.06. The fourth-order valence-electron chi connectivity index (χ4n) is 3.29. The van der Waals surface area contributed by atoms with Gasteiger partial charge in [-0.15, -0.1) is 0 Å². The summed E-state index contributed by atoms with van der Waals surface area (Å²) >= 11 is 0. The predicted octanol–water partition coefficient (Wildman–Crippen LogP) is 3.15. The lowest BCUT2D eigenvalue weighted by Crippen LogP contribution is -2.37. The highest BCUT2D eigenvalue weighted by Crippen LogP contribution is 2.23. The van der Waals surface area contributed by atoms with E-state index in [9.17, 15) is 18.8 Å². The molecule has 0 radical (unpaired) electrons. The maximum atomic E-state index is 13.2. The predicted molar refractivity (Wildman–Crippen MR) is 112 cm³/mol. The molecule has 31 heavy (non-hydrogen) atoms. The molecule has 0 aliphatic rings. The molecule has 3 aromatic rings. The maximum absolute atomic E-state index is 13.2. The van der Waals surface area contributed by atoms with Gasteiger partial charge in [0.15, 0.2) is 5.82 Å². The second-order valence-corrected chi connectivity index (χ2v) is 7.11. The quantitative estimate of drug-likeness (QED) is 0.626. The number of hydrogen-bond acceptors (Lipinski definition) is 5. The van der Waals surface area contributed by atoms with Gasteiger partial charge in [-0.05, 0) is 43.2 Å². The van der Waals surface area contributed by atoms with Crippen molar-refractivity contribution >= 4 is 17.6 Å². The molecule has 162 valence electrons. The molecule has 1 atom stereocenters. The number of hydrogen-bond donors (Lipinski definition) is 1. The molecule has 2 aromatic heterocycles. The maximum Gasteiger partial charge on any atom is 0.263 e. The van der Waals surface area contributed by atoms with Crippen LogP contribution >= 0.6 is 0 Å². The number of carbonyl (C=O) groups is 2. The van der Waals surface area contributed by atoms with Crippen molar-refractivity contribution in [1.29, 1.82) is 0 Å². The highest BCUT2D eigenvalue weighted by atomic mass is 19.1. The number of halogens is 1. The Labute approximate surface area is 178 Å². The number of amides is 2. The van der Waals surface area contributed by atoms with Gasteiger partial charge < -0.3 is 19.3 Å². The van der Waals surface area contributed by atoms with Gasteiger partial charge in [0.25, 0.3) is 11.5 Å². The third-order valence-corrected chi connectivity index (χ3v) is 4.94. The smallest absolute Gasteiger partial charge is 0.263 e. The summed E-state index contributed by atoms with van der Waals surface area (Å²) in [6, 6.07) is 10.1. The lowest BCUT2D eigenvalue weighted by molar-refractivity contribution is -0.132. The van der Waals surface area contributed by atoms with Gasteiger partial charge in [0.2, 0.25) is 5.91 Å². The van der Waals surface area contributed by atoms with Crippen LogP contribution < -0.4 is 10.9 Å². The molecule has 8 nitrogen and oxygen atoms in total. The highest BCUT2D eigenvalue weighted by Gasteiger charge is 2.22. The Bertz CT molecular complexity index is 1140. The van der Waals surface area contributed by atoms with Crippen LogP contribution in [0.4, 0.5) is 10.2 Å². The van der Waals surface area contributed by atoms with Gasteiger partial charge in [-0.3, -0.25) is 14.4 Å². The van der Waals surface area contributed by atoms with Gasteiger partial charge in [-0.2, -0.15) is 0 Å². The normalized spacial score (nSPS) is 11.7.